The fourth-order valence-electron chi connectivity index (χ4n) is 1.71. The Labute approximate surface area is 170 Å². The van der Waals surface area contributed by atoms with Crippen LogP contribution in [0.5, 0.6) is 0 Å². The van der Waals surface area contributed by atoms with Crippen molar-refractivity contribution in [3.8, 4) is 0 Å². The zero-order valence-corrected chi connectivity index (χ0v) is 16.9. The molecule has 0 fully saturated rings. The molecule has 1 aliphatic heterocycles. The van der Waals surface area contributed by atoms with Gasteiger partial charge in [-0.1, -0.05) is 39.7 Å². The van der Waals surface area contributed by atoms with Crippen LogP contribution in [-0.4, -0.2) is 41.6 Å². The van der Waals surface area contributed by atoms with Crippen LogP contribution in [0.25, 0.3) is 0 Å². The van der Waals surface area contributed by atoms with Crippen LogP contribution >= 0.6 is 0 Å². The number of ether oxygens (including phenoxy) is 3. The van der Waals surface area contributed by atoms with E-state index in [-0.39, 0.29) is 5.97 Å². The fourth-order valence-corrected chi connectivity index (χ4v) is 1.71. The van der Waals surface area contributed by atoms with Gasteiger partial charge in [0.05, 0.1) is 12.9 Å². The summed E-state index contributed by atoms with van der Waals surface area (Å²) in [6.45, 7) is 9.03. The Balaban J connectivity index is 0. The highest BCUT2D eigenvalue weighted by atomic mass is 16.6. The Morgan fingerprint density at radius 2 is 1.76 bits per heavy atom. The third kappa shape index (κ3) is 20.9. The highest BCUT2D eigenvalue weighted by molar-refractivity contribution is 6.04. The molecule has 1 aliphatic rings. The van der Waals surface area contributed by atoms with Gasteiger partial charge in [-0.2, -0.15) is 0 Å². The Hall–Kier alpha value is -3.23. The second-order valence-electron chi connectivity index (χ2n) is 5.57. The zero-order chi connectivity index (χ0) is 22.7. The summed E-state index contributed by atoms with van der Waals surface area (Å²) in [6, 6.07) is 0. The van der Waals surface area contributed by atoms with E-state index in [0.717, 1.165) is 56.2 Å². The van der Waals surface area contributed by atoms with Crippen LogP contribution in [-0.2, 0) is 38.2 Å². The van der Waals surface area contributed by atoms with Crippen molar-refractivity contribution in [2.75, 3.05) is 6.61 Å². The highest BCUT2D eigenvalue weighted by Crippen LogP contribution is 2.12. The summed E-state index contributed by atoms with van der Waals surface area (Å²) >= 11 is 0. The van der Waals surface area contributed by atoms with Gasteiger partial charge >= 0.3 is 29.8 Å². The minimum Gasteiger partial charge on any atom is -0.478 e. The van der Waals surface area contributed by atoms with Crippen molar-refractivity contribution in [1.29, 1.82) is 0 Å². The number of hydrogen-bond acceptors (Lipinski definition) is 8. The van der Waals surface area contributed by atoms with Crippen molar-refractivity contribution in [1.82, 2.24) is 0 Å². The van der Waals surface area contributed by atoms with E-state index in [1.54, 1.807) is 0 Å². The molecular weight excluding hydrogens is 384 g/mol. The van der Waals surface area contributed by atoms with Crippen molar-refractivity contribution >= 4 is 29.8 Å². The maximum absolute atomic E-state index is 11.1. The Bertz CT molecular complexity index is 601. The van der Waals surface area contributed by atoms with E-state index in [1.807, 2.05) is 0 Å². The monoisotopic (exact) mass is 412 g/mol. The van der Waals surface area contributed by atoms with E-state index in [0.29, 0.717) is 12.5 Å². The van der Waals surface area contributed by atoms with E-state index in [2.05, 4.69) is 29.9 Å². The molecule has 0 aromatic carbocycles. The third-order valence-electron chi connectivity index (χ3n) is 3.17. The van der Waals surface area contributed by atoms with Crippen LogP contribution in [0.1, 0.15) is 46.5 Å². The SMILES string of the molecule is C=COC(C)=O.CCCCC(CC)COC(=O)/C=C\C(=O)O.O=C1C=CC(=O)O1. The van der Waals surface area contributed by atoms with Gasteiger partial charge in [-0.25, -0.2) is 19.2 Å². The number of carboxylic acids is 1. The van der Waals surface area contributed by atoms with Crippen molar-refractivity contribution in [2.24, 2.45) is 5.92 Å². The molecule has 9 nitrogen and oxygen atoms in total. The molecular formula is C20H28O9. The van der Waals surface area contributed by atoms with E-state index in [9.17, 15) is 24.0 Å². The summed E-state index contributed by atoms with van der Waals surface area (Å²) in [5, 5.41) is 8.31. The molecule has 1 heterocycles. The van der Waals surface area contributed by atoms with Gasteiger partial charge in [0, 0.05) is 31.2 Å². The van der Waals surface area contributed by atoms with E-state index in [1.165, 1.54) is 6.92 Å². The lowest BCUT2D eigenvalue weighted by Gasteiger charge is -2.13. The molecule has 0 aromatic heterocycles. The van der Waals surface area contributed by atoms with Gasteiger partial charge in [0.2, 0.25) is 0 Å². The lowest BCUT2D eigenvalue weighted by Crippen LogP contribution is -2.12. The largest absolute Gasteiger partial charge is 0.478 e. The first kappa shape index (κ1) is 28.0. The first-order valence-corrected chi connectivity index (χ1v) is 8.95. The lowest BCUT2D eigenvalue weighted by molar-refractivity contribution is -0.150. The van der Waals surface area contributed by atoms with Crippen LogP contribution in [0.4, 0.5) is 0 Å². The number of esters is 4. The molecule has 9 heteroatoms. The number of rotatable bonds is 9. The van der Waals surface area contributed by atoms with Gasteiger partial charge in [0.15, 0.2) is 0 Å². The van der Waals surface area contributed by atoms with Crippen LogP contribution in [0.2, 0.25) is 0 Å². The van der Waals surface area contributed by atoms with Crippen molar-refractivity contribution in [3.63, 3.8) is 0 Å². The predicted octanol–water partition coefficient (Wildman–Crippen LogP) is 2.71. The third-order valence-corrected chi connectivity index (χ3v) is 3.17. The number of carbonyl (C=O) groups is 5. The number of hydrogen-bond donors (Lipinski definition) is 1. The summed E-state index contributed by atoms with van der Waals surface area (Å²) in [5.74, 6) is -2.84. The average molecular weight is 412 g/mol. The standard InChI is InChI=1S/C12H20O4.C4H2O3.C4H6O2/c1-3-5-6-10(4-2)9-16-12(15)8-7-11(13)14;5-3-1-2-4(6)7-3;1-3-6-4(2)5/h7-8,10H,3-6,9H2,1-2H3,(H,13,14);1-2H;3H,1H2,2H3/b8-7-;;. The number of cyclic esters (lactones) is 2. The summed E-state index contributed by atoms with van der Waals surface area (Å²) in [4.78, 5) is 50.8. The highest BCUT2D eigenvalue weighted by Gasteiger charge is 2.10. The number of carboxylic acid groups (broad SMARTS) is 1. The quantitative estimate of drug-likeness (QED) is 0.199. The number of aliphatic carboxylic acids is 1. The maximum Gasteiger partial charge on any atom is 0.338 e. The summed E-state index contributed by atoms with van der Waals surface area (Å²) < 4.78 is 13.1. The lowest BCUT2D eigenvalue weighted by atomic mass is 10.0. The first-order valence-electron chi connectivity index (χ1n) is 8.95. The minimum absolute atomic E-state index is 0.329. The second kappa shape index (κ2) is 18.1. The second-order valence-corrected chi connectivity index (χ2v) is 5.57. The first-order chi connectivity index (χ1) is 13.7. The topological polar surface area (TPSA) is 133 Å². The molecule has 0 bridgehead atoms. The van der Waals surface area contributed by atoms with E-state index in [4.69, 9.17) is 9.84 Å². The molecule has 0 radical (unpaired) electrons. The average Bonchev–Trinajstić information content (AvgIpc) is 3.04. The molecule has 0 saturated heterocycles. The van der Waals surface area contributed by atoms with Gasteiger partial charge < -0.3 is 19.3 Å². The fraction of sp³-hybridized carbons (Fsp3) is 0.450. The molecule has 0 aromatic rings. The van der Waals surface area contributed by atoms with E-state index < -0.39 is 23.9 Å². The van der Waals surface area contributed by atoms with Crippen molar-refractivity contribution in [3.05, 3.63) is 37.1 Å². The Kier molecular flexibility index (Phi) is 17.5. The molecule has 0 spiro atoms. The van der Waals surface area contributed by atoms with Gasteiger partial charge in [0.25, 0.3) is 0 Å². The molecule has 1 rings (SSSR count). The van der Waals surface area contributed by atoms with Crippen molar-refractivity contribution in [2.45, 2.75) is 46.5 Å². The zero-order valence-electron chi connectivity index (χ0n) is 16.9. The molecule has 1 unspecified atom stereocenters. The molecule has 0 amide bonds. The predicted molar refractivity (Wildman–Crippen MR) is 103 cm³/mol. The number of unbranched alkanes of at least 4 members (excludes halogenated alkanes) is 1. The Morgan fingerprint density at radius 1 is 1.17 bits per heavy atom. The molecule has 1 atom stereocenters. The van der Waals surface area contributed by atoms with Crippen LogP contribution in [0, 0.1) is 5.92 Å². The summed E-state index contributed by atoms with van der Waals surface area (Å²) in [7, 11) is 0. The maximum atomic E-state index is 11.1. The molecule has 29 heavy (non-hydrogen) atoms. The Morgan fingerprint density at radius 3 is 2.07 bits per heavy atom. The minimum atomic E-state index is -1.14. The van der Waals surface area contributed by atoms with Crippen molar-refractivity contribution < 1.29 is 43.3 Å². The molecule has 0 saturated carbocycles. The van der Waals surface area contributed by atoms with Crippen LogP contribution in [0.3, 0.4) is 0 Å². The van der Waals surface area contributed by atoms with Crippen LogP contribution in [0.15, 0.2) is 37.1 Å². The molecule has 0 aliphatic carbocycles. The van der Waals surface area contributed by atoms with Gasteiger partial charge in [-0.15, -0.1) is 0 Å². The van der Waals surface area contributed by atoms with Gasteiger partial charge in [-0.05, 0) is 12.3 Å². The summed E-state index contributed by atoms with van der Waals surface area (Å²) in [5.41, 5.74) is 0. The molecule has 162 valence electrons. The molecule has 1 N–H and O–H groups in total. The normalized spacial score (nSPS) is 12.7. The smallest absolute Gasteiger partial charge is 0.338 e. The van der Waals surface area contributed by atoms with Gasteiger partial charge in [0.1, 0.15) is 0 Å². The van der Waals surface area contributed by atoms with Gasteiger partial charge in [-0.3, -0.25) is 4.79 Å². The van der Waals surface area contributed by atoms with Crippen LogP contribution < -0.4 is 0 Å². The summed E-state index contributed by atoms with van der Waals surface area (Å²) in [6.07, 6.45) is 9.26. The van der Waals surface area contributed by atoms with E-state index >= 15 is 0 Å². The number of carbonyl (C=O) groups excluding carboxylic acids is 4.